The van der Waals surface area contributed by atoms with Crippen LogP contribution in [0.2, 0.25) is 0 Å². The maximum absolute atomic E-state index is 12.7. The molecule has 0 spiro atoms. The lowest BCUT2D eigenvalue weighted by molar-refractivity contribution is 0.500. The van der Waals surface area contributed by atoms with E-state index >= 15 is 0 Å². The minimum absolute atomic E-state index is 0. The normalized spacial score (nSPS) is 10.0. The highest BCUT2D eigenvalue weighted by Crippen LogP contribution is 2.11. The first-order valence-corrected chi connectivity index (χ1v) is 5.01. The molecule has 0 aliphatic rings. The number of hydrogen-bond donors (Lipinski definition) is 2. The average molecular weight is 245 g/mol. The lowest BCUT2D eigenvalue weighted by atomic mass is 10.1. The summed E-state index contributed by atoms with van der Waals surface area (Å²) in [6, 6.07) is 6.72. The van der Waals surface area contributed by atoms with Crippen LogP contribution in [0, 0.1) is 5.82 Å². The molecule has 1 aromatic carbocycles. The standard InChI is InChI=1S/C12H17FN2.ClH/c1-9(2)15-14-8-10(3)11-4-6-12(13)7-5-11;/h4-7,9,14-15H,3,8H2,1-2H3;1H. The third kappa shape index (κ3) is 5.26. The number of rotatable bonds is 5. The highest BCUT2D eigenvalue weighted by molar-refractivity contribution is 5.85. The molecular weight excluding hydrogens is 227 g/mol. The second kappa shape index (κ2) is 7.39. The third-order valence-corrected chi connectivity index (χ3v) is 1.94. The molecule has 90 valence electrons. The lowest BCUT2D eigenvalue weighted by Gasteiger charge is -2.11. The van der Waals surface area contributed by atoms with E-state index in [1.54, 1.807) is 12.1 Å². The Morgan fingerprint density at radius 3 is 2.38 bits per heavy atom. The van der Waals surface area contributed by atoms with Gasteiger partial charge in [0.1, 0.15) is 5.82 Å². The van der Waals surface area contributed by atoms with Gasteiger partial charge in [-0.1, -0.05) is 18.7 Å². The maximum Gasteiger partial charge on any atom is 0.123 e. The Labute approximate surface area is 102 Å². The van der Waals surface area contributed by atoms with E-state index in [1.165, 1.54) is 12.1 Å². The Bertz CT molecular complexity index is 322. The summed E-state index contributed by atoms with van der Waals surface area (Å²) >= 11 is 0. The molecule has 1 rings (SSSR count). The van der Waals surface area contributed by atoms with Gasteiger partial charge in [-0.3, -0.25) is 10.9 Å². The molecule has 0 aromatic heterocycles. The van der Waals surface area contributed by atoms with Crippen LogP contribution in [0.1, 0.15) is 19.4 Å². The molecule has 0 aliphatic heterocycles. The van der Waals surface area contributed by atoms with E-state index in [-0.39, 0.29) is 18.2 Å². The molecule has 0 heterocycles. The minimum atomic E-state index is -0.222. The predicted molar refractivity (Wildman–Crippen MR) is 69.0 cm³/mol. The zero-order valence-corrected chi connectivity index (χ0v) is 10.4. The van der Waals surface area contributed by atoms with Gasteiger partial charge in [0.25, 0.3) is 0 Å². The van der Waals surface area contributed by atoms with Crippen molar-refractivity contribution in [3.05, 3.63) is 42.2 Å². The first-order valence-electron chi connectivity index (χ1n) is 5.01. The summed E-state index contributed by atoms with van der Waals surface area (Å²) in [5, 5.41) is 0. The second-order valence-electron chi connectivity index (χ2n) is 3.76. The molecule has 16 heavy (non-hydrogen) atoms. The summed E-state index contributed by atoms with van der Waals surface area (Å²) in [6.45, 7) is 8.67. The molecule has 0 aliphatic carbocycles. The predicted octanol–water partition coefficient (Wildman–Crippen LogP) is 2.76. The quantitative estimate of drug-likeness (QED) is 0.779. The van der Waals surface area contributed by atoms with Crippen molar-refractivity contribution in [3.8, 4) is 0 Å². The van der Waals surface area contributed by atoms with Crippen LogP contribution < -0.4 is 10.9 Å². The van der Waals surface area contributed by atoms with Crippen molar-refractivity contribution in [3.63, 3.8) is 0 Å². The van der Waals surface area contributed by atoms with E-state index in [0.29, 0.717) is 12.6 Å². The van der Waals surface area contributed by atoms with Crippen LogP contribution in [-0.4, -0.2) is 12.6 Å². The highest BCUT2D eigenvalue weighted by atomic mass is 35.5. The van der Waals surface area contributed by atoms with E-state index in [0.717, 1.165) is 11.1 Å². The van der Waals surface area contributed by atoms with Crippen molar-refractivity contribution in [2.45, 2.75) is 19.9 Å². The van der Waals surface area contributed by atoms with Crippen LogP contribution in [0.15, 0.2) is 30.8 Å². The molecule has 0 bridgehead atoms. The fraction of sp³-hybridized carbons (Fsp3) is 0.333. The van der Waals surface area contributed by atoms with Gasteiger partial charge in [0.05, 0.1) is 0 Å². The first-order chi connectivity index (χ1) is 7.09. The monoisotopic (exact) mass is 244 g/mol. The van der Waals surface area contributed by atoms with Gasteiger partial charge < -0.3 is 0 Å². The van der Waals surface area contributed by atoms with Gasteiger partial charge in [-0.05, 0) is 37.1 Å². The van der Waals surface area contributed by atoms with Crippen molar-refractivity contribution in [2.75, 3.05) is 6.54 Å². The van der Waals surface area contributed by atoms with Crippen molar-refractivity contribution >= 4 is 18.0 Å². The summed E-state index contributed by atoms with van der Waals surface area (Å²) in [6.07, 6.45) is 0. The fourth-order valence-electron chi connectivity index (χ4n) is 1.15. The second-order valence-corrected chi connectivity index (χ2v) is 3.76. The molecular formula is C12H18ClFN2. The largest absolute Gasteiger partial charge is 0.255 e. The van der Waals surface area contributed by atoms with E-state index in [1.807, 2.05) is 13.8 Å². The van der Waals surface area contributed by atoms with Crippen molar-refractivity contribution in [1.82, 2.24) is 10.9 Å². The number of hydrazine groups is 1. The topological polar surface area (TPSA) is 24.1 Å². The van der Waals surface area contributed by atoms with Crippen LogP contribution in [0.4, 0.5) is 4.39 Å². The summed E-state index contributed by atoms with van der Waals surface area (Å²) < 4.78 is 12.7. The molecule has 2 nitrogen and oxygen atoms in total. The van der Waals surface area contributed by atoms with Crippen LogP contribution in [0.25, 0.3) is 5.57 Å². The van der Waals surface area contributed by atoms with E-state index < -0.39 is 0 Å². The minimum Gasteiger partial charge on any atom is -0.255 e. The van der Waals surface area contributed by atoms with Gasteiger partial charge in [-0.2, -0.15) is 0 Å². The first kappa shape index (κ1) is 15.1. The molecule has 0 fully saturated rings. The van der Waals surface area contributed by atoms with Gasteiger partial charge in [0, 0.05) is 12.6 Å². The molecule has 4 heteroatoms. The summed E-state index contributed by atoms with van der Waals surface area (Å²) in [5.74, 6) is -0.222. The number of nitrogens with one attached hydrogen (secondary N) is 2. The maximum atomic E-state index is 12.7. The molecule has 1 aromatic rings. The Morgan fingerprint density at radius 2 is 1.88 bits per heavy atom. The van der Waals surface area contributed by atoms with Crippen LogP contribution in [0.3, 0.4) is 0 Å². The number of hydrogen-bond acceptors (Lipinski definition) is 2. The number of halogens is 2. The fourth-order valence-corrected chi connectivity index (χ4v) is 1.15. The van der Waals surface area contributed by atoms with Crippen LogP contribution >= 0.6 is 12.4 Å². The Kier molecular flexibility index (Phi) is 6.97. The summed E-state index contributed by atoms with van der Waals surface area (Å²) in [4.78, 5) is 0. The van der Waals surface area contributed by atoms with Gasteiger partial charge in [-0.25, -0.2) is 4.39 Å². The smallest absolute Gasteiger partial charge is 0.123 e. The Hall–Kier alpha value is -0.900. The van der Waals surface area contributed by atoms with E-state index in [4.69, 9.17) is 0 Å². The molecule has 0 radical (unpaired) electrons. The molecule has 0 saturated heterocycles. The highest BCUT2D eigenvalue weighted by Gasteiger charge is 1.99. The van der Waals surface area contributed by atoms with Gasteiger partial charge in [0.2, 0.25) is 0 Å². The zero-order chi connectivity index (χ0) is 11.3. The van der Waals surface area contributed by atoms with Crippen LogP contribution in [0.5, 0.6) is 0 Å². The van der Waals surface area contributed by atoms with E-state index in [9.17, 15) is 4.39 Å². The SMILES string of the molecule is C=C(CNNC(C)C)c1ccc(F)cc1.Cl. The van der Waals surface area contributed by atoms with Gasteiger partial charge in [0.15, 0.2) is 0 Å². The van der Waals surface area contributed by atoms with Gasteiger partial charge in [-0.15, -0.1) is 12.4 Å². The van der Waals surface area contributed by atoms with Crippen LogP contribution in [-0.2, 0) is 0 Å². The molecule has 0 atom stereocenters. The third-order valence-electron chi connectivity index (χ3n) is 1.94. The van der Waals surface area contributed by atoms with Gasteiger partial charge >= 0.3 is 0 Å². The van der Waals surface area contributed by atoms with E-state index in [2.05, 4.69) is 17.4 Å². The summed E-state index contributed by atoms with van der Waals surface area (Å²) in [7, 11) is 0. The Morgan fingerprint density at radius 1 is 1.31 bits per heavy atom. The Balaban J connectivity index is 0.00000225. The van der Waals surface area contributed by atoms with Crippen molar-refractivity contribution in [2.24, 2.45) is 0 Å². The molecule has 0 unspecified atom stereocenters. The summed E-state index contributed by atoms with van der Waals surface area (Å²) in [5.41, 5.74) is 8.01. The molecule has 0 saturated carbocycles. The van der Waals surface area contributed by atoms with Crippen molar-refractivity contribution < 1.29 is 4.39 Å². The van der Waals surface area contributed by atoms with Crippen molar-refractivity contribution in [1.29, 1.82) is 0 Å². The number of benzene rings is 1. The lowest BCUT2D eigenvalue weighted by Crippen LogP contribution is -2.38. The average Bonchev–Trinajstić information content (AvgIpc) is 2.18. The zero-order valence-electron chi connectivity index (χ0n) is 9.59. The molecule has 0 amide bonds. The molecule has 2 N–H and O–H groups in total.